The van der Waals surface area contributed by atoms with Gasteiger partial charge in [-0.15, -0.1) is 0 Å². The van der Waals surface area contributed by atoms with E-state index in [9.17, 15) is 14.6 Å². The van der Waals surface area contributed by atoms with E-state index in [0.29, 0.717) is 6.54 Å². The van der Waals surface area contributed by atoms with Crippen LogP contribution in [0.4, 0.5) is 27.3 Å². The molecule has 0 saturated carbocycles. The first-order chi connectivity index (χ1) is 19.0. The number of piperidine rings is 1. The van der Waals surface area contributed by atoms with Gasteiger partial charge in [-0.25, -0.2) is 9.38 Å². The zero-order valence-electron chi connectivity index (χ0n) is 22.2. The largest absolute Gasteiger partial charge is 0.388 e. The zero-order valence-corrected chi connectivity index (χ0v) is 22.2. The molecule has 2 aromatic carbocycles. The van der Waals surface area contributed by atoms with Gasteiger partial charge in [0, 0.05) is 35.4 Å². The van der Waals surface area contributed by atoms with Crippen LogP contribution in [-0.4, -0.2) is 64.0 Å². The van der Waals surface area contributed by atoms with Crippen molar-refractivity contribution in [2.24, 2.45) is 4.99 Å². The number of aliphatic imine (C=N–C) groups is 1. The average molecular weight is 534 g/mol. The molecule has 3 N–H and O–H groups in total. The molecule has 0 spiro atoms. The summed E-state index contributed by atoms with van der Waals surface area (Å²) in [5.74, 6) is 0.481. The van der Waals surface area contributed by atoms with Gasteiger partial charge >= 0.3 is 0 Å². The highest BCUT2D eigenvalue weighted by molar-refractivity contribution is 5.84. The fourth-order valence-electron chi connectivity index (χ4n) is 5.76. The van der Waals surface area contributed by atoms with E-state index in [4.69, 9.17) is 9.73 Å². The number of nitrogens with zero attached hydrogens (tertiary/aromatic N) is 4. The molecule has 39 heavy (non-hydrogen) atoms. The molecule has 2 saturated heterocycles. The van der Waals surface area contributed by atoms with E-state index in [0.717, 1.165) is 54.5 Å². The lowest BCUT2D eigenvalue weighted by atomic mass is 10.1. The lowest BCUT2D eigenvalue weighted by Crippen LogP contribution is -2.31. The maximum absolute atomic E-state index is 13.5. The highest BCUT2D eigenvalue weighted by Gasteiger charge is 2.42. The van der Waals surface area contributed by atoms with Crippen molar-refractivity contribution in [3.8, 4) is 0 Å². The van der Waals surface area contributed by atoms with Crippen LogP contribution in [0.2, 0.25) is 0 Å². The van der Waals surface area contributed by atoms with Crippen LogP contribution in [0.15, 0.2) is 59.7 Å². The van der Waals surface area contributed by atoms with E-state index in [-0.39, 0.29) is 5.82 Å². The SMILES string of the molecule is C[C@H]1O[C@@H](n2ccc3c2N=CN(c2ccc(Nc4ccc(F)cc4)c(CCN4CCCCC4)c2)C3)[C@H](O)[C@@H]1O. The molecule has 0 radical (unpaired) electrons. The summed E-state index contributed by atoms with van der Waals surface area (Å²) in [5.41, 5.74) is 5.12. The molecule has 3 aliphatic rings. The van der Waals surface area contributed by atoms with Crippen molar-refractivity contribution in [3.05, 3.63) is 71.7 Å². The van der Waals surface area contributed by atoms with Crippen LogP contribution in [0, 0.1) is 5.82 Å². The minimum absolute atomic E-state index is 0.251. The average Bonchev–Trinajstić information content (AvgIpc) is 3.49. The summed E-state index contributed by atoms with van der Waals surface area (Å²) in [6.07, 6.45) is 5.37. The number of fused-ring (bicyclic) bond motifs is 1. The highest BCUT2D eigenvalue weighted by atomic mass is 19.1. The normalized spacial score (nSPS) is 25.2. The van der Waals surface area contributed by atoms with Gasteiger partial charge in [0.25, 0.3) is 0 Å². The lowest BCUT2D eigenvalue weighted by molar-refractivity contribution is -0.0308. The van der Waals surface area contributed by atoms with Gasteiger partial charge in [0.2, 0.25) is 0 Å². The van der Waals surface area contributed by atoms with Crippen molar-refractivity contribution in [1.82, 2.24) is 9.47 Å². The number of ether oxygens (including phenoxy) is 1. The fraction of sp³-hybridized carbons (Fsp3) is 0.433. The summed E-state index contributed by atoms with van der Waals surface area (Å²) in [6, 6.07) is 14.8. The Bertz CT molecular complexity index is 1320. The Kier molecular flexibility index (Phi) is 7.40. The number of anilines is 3. The second kappa shape index (κ2) is 11.1. The first-order valence-corrected chi connectivity index (χ1v) is 13.9. The number of benzene rings is 2. The zero-order chi connectivity index (χ0) is 26.9. The Hall–Kier alpha value is -3.24. The number of aromatic nitrogens is 1. The third kappa shape index (κ3) is 5.45. The van der Waals surface area contributed by atoms with Crippen LogP contribution >= 0.6 is 0 Å². The van der Waals surface area contributed by atoms with E-state index in [1.807, 2.05) is 18.6 Å². The summed E-state index contributed by atoms with van der Waals surface area (Å²) in [6.45, 7) is 5.67. The second-order valence-corrected chi connectivity index (χ2v) is 10.8. The van der Waals surface area contributed by atoms with Gasteiger partial charge in [-0.1, -0.05) is 6.42 Å². The van der Waals surface area contributed by atoms with Crippen molar-refractivity contribution in [2.45, 2.75) is 63.7 Å². The molecule has 3 aliphatic heterocycles. The van der Waals surface area contributed by atoms with Crippen molar-refractivity contribution >= 4 is 29.2 Å². The van der Waals surface area contributed by atoms with Crippen LogP contribution in [0.5, 0.6) is 0 Å². The van der Waals surface area contributed by atoms with Gasteiger partial charge < -0.3 is 34.6 Å². The van der Waals surface area contributed by atoms with Crippen molar-refractivity contribution in [3.63, 3.8) is 0 Å². The molecule has 4 heterocycles. The highest BCUT2D eigenvalue weighted by Crippen LogP contribution is 2.37. The van der Waals surface area contributed by atoms with Crippen LogP contribution in [0.25, 0.3) is 0 Å². The van der Waals surface area contributed by atoms with Gasteiger partial charge in [0.1, 0.15) is 23.8 Å². The minimum atomic E-state index is -1.01. The summed E-state index contributed by atoms with van der Waals surface area (Å²) in [4.78, 5) is 9.37. The van der Waals surface area contributed by atoms with Gasteiger partial charge in [-0.3, -0.25) is 0 Å². The first kappa shape index (κ1) is 26.0. The van der Waals surface area contributed by atoms with E-state index in [2.05, 4.69) is 33.3 Å². The smallest absolute Gasteiger partial charge is 0.164 e. The number of rotatable bonds is 7. The van der Waals surface area contributed by atoms with Crippen LogP contribution in [0.1, 0.15) is 43.5 Å². The van der Waals surface area contributed by atoms with Gasteiger partial charge in [0.15, 0.2) is 6.23 Å². The molecule has 3 aromatic rings. The predicted octanol–water partition coefficient (Wildman–Crippen LogP) is 4.72. The Morgan fingerprint density at radius 1 is 1.03 bits per heavy atom. The Morgan fingerprint density at radius 2 is 1.82 bits per heavy atom. The molecule has 206 valence electrons. The number of aliphatic hydroxyl groups excluding tert-OH is 2. The fourth-order valence-corrected chi connectivity index (χ4v) is 5.76. The topological polar surface area (TPSA) is 85.5 Å². The van der Waals surface area contributed by atoms with Crippen molar-refractivity contribution < 1.29 is 19.3 Å². The molecule has 6 rings (SSSR count). The molecule has 0 aliphatic carbocycles. The summed E-state index contributed by atoms with van der Waals surface area (Å²) in [7, 11) is 0. The Morgan fingerprint density at radius 3 is 2.56 bits per heavy atom. The molecule has 2 fully saturated rings. The molecule has 9 heteroatoms. The third-order valence-corrected chi connectivity index (χ3v) is 8.07. The number of likely N-dealkylation sites (tertiary alicyclic amines) is 1. The molecule has 0 bridgehead atoms. The molecular weight excluding hydrogens is 497 g/mol. The number of hydrogen-bond acceptors (Lipinski definition) is 7. The summed E-state index contributed by atoms with van der Waals surface area (Å²) >= 11 is 0. The van der Waals surface area contributed by atoms with Crippen LogP contribution in [0.3, 0.4) is 0 Å². The van der Waals surface area contributed by atoms with Crippen molar-refractivity contribution in [2.75, 3.05) is 29.9 Å². The molecule has 4 atom stereocenters. The predicted molar refractivity (Wildman–Crippen MR) is 150 cm³/mol. The third-order valence-electron chi connectivity index (χ3n) is 8.07. The maximum atomic E-state index is 13.5. The maximum Gasteiger partial charge on any atom is 0.164 e. The van der Waals surface area contributed by atoms with E-state index >= 15 is 0 Å². The van der Waals surface area contributed by atoms with Crippen molar-refractivity contribution in [1.29, 1.82) is 0 Å². The Balaban J connectivity index is 1.23. The monoisotopic (exact) mass is 533 g/mol. The first-order valence-electron chi connectivity index (χ1n) is 13.9. The Labute approximate surface area is 228 Å². The van der Waals surface area contributed by atoms with E-state index in [1.165, 1.54) is 37.0 Å². The molecule has 1 aromatic heterocycles. The quantitative estimate of drug-likeness (QED) is 0.408. The minimum Gasteiger partial charge on any atom is -0.388 e. The molecule has 0 unspecified atom stereocenters. The van der Waals surface area contributed by atoms with Crippen LogP contribution in [-0.2, 0) is 17.7 Å². The number of hydrogen-bond donors (Lipinski definition) is 3. The number of nitrogens with one attached hydrogen (secondary N) is 1. The number of aliphatic hydroxyl groups is 2. The van der Waals surface area contributed by atoms with Crippen LogP contribution < -0.4 is 10.2 Å². The lowest BCUT2D eigenvalue weighted by Gasteiger charge is -2.28. The molecule has 8 nitrogen and oxygen atoms in total. The standard InChI is InChI=1S/C30H36FN5O3/c1-20-27(37)28(38)30(39-20)36-16-12-22-18-35(19-32-29(22)36)25-9-10-26(33-24-7-5-23(31)6-8-24)21(17-25)11-15-34-13-3-2-4-14-34/h5-10,12,16-17,19-20,27-28,30,33,37-38H,2-4,11,13-15,18H2,1H3/t20-,27-,28-,30-/m1/s1. The number of halogens is 1. The molecule has 0 amide bonds. The van der Waals surface area contributed by atoms with Gasteiger partial charge in [-0.2, -0.15) is 0 Å². The van der Waals surface area contributed by atoms with Gasteiger partial charge in [-0.05, 0) is 93.4 Å². The van der Waals surface area contributed by atoms with Gasteiger partial charge in [0.05, 0.1) is 19.0 Å². The molecular formula is C30H36FN5O3. The summed E-state index contributed by atoms with van der Waals surface area (Å²) < 4.78 is 21.1. The van der Waals surface area contributed by atoms with E-state index in [1.54, 1.807) is 23.6 Å². The summed E-state index contributed by atoms with van der Waals surface area (Å²) in [5, 5.41) is 24.1. The van der Waals surface area contributed by atoms with E-state index < -0.39 is 24.5 Å². The second-order valence-electron chi connectivity index (χ2n) is 10.8.